The van der Waals surface area contributed by atoms with Gasteiger partial charge in [-0.1, -0.05) is 30.3 Å². The molecule has 15 heavy (non-hydrogen) atoms. The Hall–Kier alpha value is -1.39. The Morgan fingerprint density at radius 3 is 2.53 bits per heavy atom. The summed E-state index contributed by atoms with van der Waals surface area (Å²) < 4.78 is 0. The molecule has 0 aliphatic carbocycles. The predicted molar refractivity (Wildman–Crippen MR) is 56.4 cm³/mol. The smallest absolute Gasteiger partial charge is 0.334 e. The van der Waals surface area contributed by atoms with Gasteiger partial charge in [-0.3, -0.25) is 0 Å². The normalized spacial score (nSPS) is 14.5. The molecule has 1 rings (SSSR count). The largest absolute Gasteiger partial charge is 0.479 e. The standard InChI is InChI=1S/C11H15NO3/c1-8(10(13)11(14)15)12-7-9-5-3-2-4-6-9/h2-6,8,10,12-13H,7H2,1H3,(H,14,15)/t8-,10-/m1/s1. The van der Waals surface area contributed by atoms with Crippen LogP contribution in [0.2, 0.25) is 0 Å². The van der Waals surface area contributed by atoms with Gasteiger partial charge in [-0.05, 0) is 12.5 Å². The van der Waals surface area contributed by atoms with Gasteiger partial charge in [-0.2, -0.15) is 0 Å². The summed E-state index contributed by atoms with van der Waals surface area (Å²) in [5.74, 6) is -1.21. The maximum Gasteiger partial charge on any atom is 0.334 e. The van der Waals surface area contributed by atoms with E-state index in [1.807, 2.05) is 30.3 Å². The van der Waals surface area contributed by atoms with Crippen molar-refractivity contribution in [2.45, 2.75) is 25.6 Å². The third kappa shape index (κ3) is 3.69. The number of carbonyl (C=O) groups is 1. The van der Waals surface area contributed by atoms with E-state index in [1.54, 1.807) is 6.92 Å². The van der Waals surface area contributed by atoms with E-state index >= 15 is 0 Å². The number of carboxylic acid groups (broad SMARTS) is 1. The monoisotopic (exact) mass is 209 g/mol. The Bertz CT molecular complexity index is 313. The molecular formula is C11H15NO3. The number of nitrogens with one attached hydrogen (secondary N) is 1. The van der Waals surface area contributed by atoms with Crippen molar-refractivity contribution < 1.29 is 15.0 Å². The highest BCUT2D eigenvalue weighted by Crippen LogP contribution is 2.00. The Balaban J connectivity index is 2.41. The van der Waals surface area contributed by atoms with E-state index < -0.39 is 18.1 Å². The highest BCUT2D eigenvalue weighted by Gasteiger charge is 2.20. The summed E-state index contributed by atoms with van der Waals surface area (Å²) in [6, 6.07) is 9.14. The fourth-order valence-electron chi connectivity index (χ4n) is 1.20. The molecule has 0 aliphatic heterocycles. The molecule has 4 nitrogen and oxygen atoms in total. The summed E-state index contributed by atoms with van der Waals surface area (Å²) in [6.45, 7) is 2.19. The van der Waals surface area contributed by atoms with Crippen molar-refractivity contribution in [3.8, 4) is 0 Å². The maximum absolute atomic E-state index is 10.5. The second-order valence-corrected chi connectivity index (χ2v) is 3.44. The molecule has 0 amide bonds. The average Bonchev–Trinajstić information content (AvgIpc) is 2.26. The molecule has 0 aromatic heterocycles. The Morgan fingerprint density at radius 1 is 1.40 bits per heavy atom. The minimum Gasteiger partial charge on any atom is -0.479 e. The minimum absolute atomic E-state index is 0.470. The van der Waals surface area contributed by atoms with Crippen LogP contribution in [-0.4, -0.2) is 28.3 Å². The van der Waals surface area contributed by atoms with Crippen molar-refractivity contribution in [1.29, 1.82) is 0 Å². The van der Waals surface area contributed by atoms with Gasteiger partial charge in [-0.25, -0.2) is 4.79 Å². The molecule has 2 atom stereocenters. The summed E-state index contributed by atoms with van der Waals surface area (Å²) in [6.07, 6.45) is -1.37. The molecule has 0 saturated heterocycles. The zero-order valence-corrected chi connectivity index (χ0v) is 8.55. The van der Waals surface area contributed by atoms with Gasteiger partial charge < -0.3 is 15.5 Å². The van der Waals surface area contributed by atoms with Crippen LogP contribution in [0.1, 0.15) is 12.5 Å². The van der Waals surface area contributed by atoms with Crippen LogP contribution in [0.25, 0.3) is 0 Å². The topological polar surface area (TPSA) is 69.6 Å². The van der Waals surface area contributed by atoms with Gasteiger partial charge in [0.1, 0.15) is 0 Å². The Morgan fingerprint density at radius 2 is 2.00 bits per heavy atom. The highest BCUT2D eigenvalue weighted by atomic mass is 16.4. The average molecular weight is 209 g/mol. The van der Waals surface area contributed by atoms with Crippen LogP contribution in [-0.2, 0) is 11.3 Å². The molecule has 0 saturated carbocycles. The van der Waals surface area contributed by atoms with Crippen LogP contribution in [0, 0.1) is 0 Å². The number of aliphatic carboxylic acids is 1. The number of aliphatic hydroxyl groups is 1. The van der Waals surface area contributed by atoms with Gasteiger partial charge >= 0.3 is 5.97 Å². The van der Waals surface area contributed by atoms with Crippen molar-refractivity contribution in [3.63, 3.8) is 0 Å². The van der Waals surface area contributed by atoms with Gasteiger partial charge in [0.25, 0.3) is 0 Å². The van der Waals surface area contributed by atoms with Gasteiger partial charge in [0.2, 0.25) is 0 Å². The van der Waals surface area contributed by atoms with Crippen molar-refractivity contribution in [1.82, 2.24) is 5.32 Å². The van der Waals surface area contributed by atoms with Crippen LogP contribution in [0.5, 0.6) is 0 Å². The van der Waals surface area contributed by atoms with Crippen LogP contribution in [0.4, 0.5) is 0 Å². The quantitative estimate of drug-likeness (QED) is 0.664. The third-order valence-corrected chi connectivity index (χ3v) is 2.20. The molecule has 1 aromatic rings. The van der Waals surface area contributed by atoms with Crippen LogP contribution >= 0.6 is 0 Å². The first-order chi connectivity index (χ1) is 7.11. The lowest BCUT2D eigenvalue weighted by Crippen LogP contribution is -2.41. The van der Waals surface area contributed by atoms with E-state index in [1.165, 1.54) is 0 Å². The van der Waals surface area contributed by atoms with E-state index in [0.29, 0.717) is 6.54 Å². The number of benzene rings is 1. The number of hydrogen-bond donors (Lipinski definition) is 3. The summed E-state index contributed by atoms with van der Waals surface area (Å²) >= 11 is 0. The van der Waals surface area contributed by atoms with Crippen molar-refractivity contribution in [2.24, 2.45) is 0 Å². The Kier molecular flexibility index (Phi) is 4.27. The van der Waals surface area contributed by atoms with Crippen LogP contribution < -0.4 is 5.32 Å². The lowest BCUT2D eigenvalue weighted by Gasteiger charge is -2.16. The maximum atomic E-state index is 10.5. The van der Waals surface area contributed by atoms with Gasteiger partial charge in [0.15, 0.2) is 6.10 Å². The molecule has 0 spiro atoms. The second-order valence-electron chi connectivity index (χ2n) is 3.44. The zero-order chi connectivity index (χ0) is 11.3. The first-order valence-corrected chi connectivity index (χ1v) is 4.79. The lowest BCUT2D eigenvalue weighted by atomic mass is 10.1. The third-order valence-electron chi connectivity index (χ3n) is 2.20. The molecular weight excluding hydrogens is 194 g/mol. The predicted octanol–water partition coefficient (Wildman–Crippen LogP) is 0.610. The molecule has 0 unspecified atom stereocenters. The second kappa shape index (κ2) is 5.48. The lowest BCUT2D eigenvalue weighted by molar-refractivity contribution is -0.147. The van der Waals surface area contributed by atoms with Gasteiger partial charge in [0, 0.05) is 12.6 Å². The molecule has 0 aliphatic rings. The van der Waals surface area contributed by atoms with E-state index in [9.17, 15) is 9.90 Å². The summed E-state index contributed by atoms with van der Waals surface area (Å²) in [4.78, 5) is 10.5. The number of carboxylic acids is 1. The summed E-state index contributed by atoms with van der Waals surface area (Å²) in [5, 5.41) is 20.7. The molecule has 0 fully saturated rings. The number of aliphatic hydroxyl groups excluding tert-OH is 1. The van der Waals surface area contributed by atoms with Crippen LogP contribution in [0.3, 0.4) is 0 Å². The molecule has 4 heteroatoms. The molecule has 82 valence electrons. The summed E-state index contributed by atoms with van der Waals surface area (Å²) in [7, 11) is 0. The first-order valence-electron chi connectivity index (χ1n) is 4.79. The van der Waals surface area contributed by atoms with E-state index in [-0.39, 0.29) is 0 Å². The van der Waals surface area contributed by atoms with Gasteiger partial charge in [0.05, 0.1) is 0 Å². The van der Waals surface area contributed by atoms with Crippen molar-refractivity contribution in [3.05, 3.63) is 35.9 Å². The van der Waals surface area contributed by atoms with Crippen molar-refractivity contribution in [2.75, 3.05) is 0 Å². The SMILES string of the molecule is C[C@@H](NCc1ccccc1)[C@@H](O)C(=O)O. The summed E-state index contributed by atoms with van der Waals surface area (Å²) in [5.41, 5.74) is 1.06. The van der Waals surface area contributed by atoms with Crippen molar-refractivity contribution >= 4 is 5.97 Å². The minimum atomic E-state index is -1.37. The van der Waals surface area contributed by atoms with E-state index in [4.69, 9.17) is 5.11 Å². The molecule has 3 N–H and O–H groups in total. The fourth-order valence-corrected chi connectivity index (χ4v) is 1.20. The Labute approximate surface area is 88.6 Å². The fraction of sp³-hybridized carbons (Fsp3) is 0.364. The highest BCUT2D eigenvalue weighted by molar-refractivity contribution is 5.72. The molecule has 1 aromatic carbocycles. The molecule has 0 bridgehead atoms. The van der Waals surface area contributed by atoms with Crippen LogP contribution in [0.15, 0.2) is 30.3 Å². The van der Waals surface area contributed by atoms with E-state index in [0.717, 1.165) is 5.56 Å². The molecule has 0 heterocycles. The number of rotatable bonds is 5. The molecule has 0 radical (unpaired) electrons. The first kappa shape index (κ1) is 11.7. The zero-order valence-electron chi connectivity index (χ0n) is 8.55. The number of hydrogen-bond acceptors (Lipinski definition) is 3. The van der Waals surface area contributed by atoms with Gasteiger partial charge in [-0.15, -0.1) is 0 Å². The van der Waals surface area contributed by atoms with E-state index in [2.05, 4.69) is 5.32 Å².